The average molecular weight is 500 g/mol. The van der Waals surface area contributed by atoms with Crippen LogP contribution >= 0.6 is 0 Å². The van der Waals surface area contributed by atoms with E-state index in [1.807, 2.05) is 6.92 Å². The second-order valence-electron chi connectivity index (χ2n) is 8.81. The van der Waals surface area contributed by atoms with E-state index < -0.39 is 15.8 Å². The Morgan fingerprint density at radius 1 is 0.971 bits per heavy atom. The summed E-state index contributed by atoms with van der Waals surface area (Å²) in [5.74, 6) is -1.05. The highest BCUT2D eigenvalue weighted by Crippen LogP contribution is 2.27. The third-order valence-corrected chi connectivity index (χ3v) is 7.85. The van der Waals surface area contributed by atoms with Gasteiger partial charge in [0, 0.05) is 23.7 Å². The highest BCUT2D eigenvalue weighted by molar-refractivity contribution is 7.89. The summed E-state index contributed by atoms with van der Waals surface area (Å²) in [7, 11) is -3.80. The number of benzene rings is 2. The minimum absolute atomic E-state index is 0.00517. The first kappa shape index (κ1) is 24.9. The van der Waals surface area contributed by atoms with Gasteiger partial charge in [0.25, 0.3) is 0 Å². The molecule has 0 bridgehead atoms. The Bertz CT molecular complexity index is 1270. The summed E-state index contributed by atoms with van der Waals surface area (Å²) in [5, 5.41) is 2.96. The highest BCUT2D eigenvalue weighted by atomic mass is 32.2. The van der Waals surface area contributed by atoms with Crippen molar-refractivity contribution in [3.8, 4) is 11.3 Å². The zero-order chi connectivity index (χ0) is 25.0. The lowest BCUT2D eigenvalue weighted by Gasteiger charge is -2.29. The molecule has 6 nitrogen and oxygen atoms in total. The smallest absolute Gasteiger partial charge is 0.242 e. The maximum absolute atomic E-state index is 14.0. The van der Waals surface area contributed by atoms with Crippen molar-refractivity contribution in [3.05, 3.63) is 84.1 Å². The van der Waals surface area contributed by atoms with Crippen molar-refractivity contribution in [1.29, 1.82) is 0 Å². The van der Waals surface area contributed by atoms with E-state index in [-0.39, 0.29) is 34.6 Å². The number of hydrogen-bond acceptors (Lipinski definition) is 4. The molecule has 1 unspecified atom stereocenters. The van der Waals surface area contributed by atoms with E-state index in [2.05, 4.69) is 15.0 Å². The van der Waals surface area contributed by atoms with Gasteiger partial charge < -0.3 is 5.32 Å². The van der Waals surface area contributed by atoms with Gasteiger partial charge in [-0.05, 0) is 74.6 Å². The SMILES string of the molecule is CC(NC(=O)C1CCC(NS(=O)(=O)c2ccc(-c3ccccc3F)nc2)CC1)c1ccc(F)cc1. The molecule has 0 radical (unpaired) electrons. The highest BCUT2D eigenvalue weighted by Gasteiger charge is 2.30. The Morgan fingerprint density at radius 3 is 2.29 bits per heavy atom. The van der Waals surface area contributed by atoms with Gasteiger partial charge in [-0.3, -0.25) is 9.78 Å². The van der Waals surface area contributed by atoms with Gasteiger partial charge in [0.15, 0.2) is 0 Å². The molecule has 1 amide bonds. The van der Waals surface area contributed by atoms with E-state index >= 15 is 0 Å². The topological polar surface area (TPSA) is 88.2 Å². The molecule has 1 atom stereocenters. The Morgan fingerprint density at radius 2 is 1.66 bits per heavy atom. The van der Waals surface area contributed by atoms with E-state index in [4.69, 9.17) is 0 Å². The molecule has 0 aliphatic heterocycles. The van der Waals surface area contributed by atoms with Crippen LogP contribution in [0.3, 0.4) is 0 Å². The maximum Gasteiger partial charge on any atom is 0.242 e. The molecule has 184 valence electrons. The number of hydrogen-bond donors (Lipinski definition) is 2. The third kappa shape index (κ3) is 6.10. The van der Waals surface area contributed by atoms with Crippen LogP contribution in [-0.2, 0) is 14.8 Å². The standard InChI is InChI=1S/C26H27F2N3O3S/c1-17(18-6-10-20(27)11-7-18)30-26(32)19-8-12-21(13-9-19)31-35(33,34)22-14-15-25(29-16-22)23-4-2-3-5-24(23)28/h2-7,10-11,14-17,19,21,31H,8-9,12-13H2,1H3,(H,30,32). The summed E-state index contributed by atoms with van der Waals surface area (Å²) < 4.78 is 55.4. The zero-order valence-electron chi connectivity index (χ0n) is 19.2. The van der Waals surface area contributed by atoms with Crippen LogP contribution in [-0.4, -0.2) is 25.4 Å². The molecular formula is C26H27F2N3O3S. The third-order valence-electron chi connectivity index (χ3n) is 6.35. The lowest BCUT2D eigenvalue weighted by Crippen LogP contribution is -2.41. The molecular weight excluding hydrogens is 472 g/mol. The number of nitrogens with zero attached hydrogens (tertiary/aromatic N) is 1. The van der Waals surface area contributed by atoms with E-state index in [9.17, 15) is 22.0 Å². The predicted octanol–water partition coefficient (Wildman–Crippen LogP) is 4.74. The number of halogens is 2. The van der Waals surface area contributed by atoms with Crippen molar-refractivity contribution < 1.29 is 22.0 Å². The number of sulfonamides is 1. The fourth-order valence-electron chi connectivity index (χ4n) is 4.29. The largest absolute Gasteiger partial charge is 0.349 e. The lowest BCUT2D eigenvalue weighted by molar-refractivity contribution is -0.126. The van der Waals surface area contributed by atoms with Gasteiger partial charge in [-0.25, -0.2) is 21.9 Å². The molecule has 1 aromatic heterocycles. The van der Waals surface area contributed by atoms with Crippen LogP contribution in [0.4, 0.5) is 8.78 Å². The molecule has 1 fully saturated rings. The van der Waals surface area contributed by atoms with Crippen LogP contribution in [0.2, 0.25) is 0 Å². The summed E-state index contributed by atoms with van der Waals surface area (Å²) in [6, 6.07) is 14.5. The molecule has 1 heterocycles. The Hall–Kier alpha value is -3.17. The normalized spacial score (nSPS) is 19.2. The molecule has 1 aliphatic carbocycles. The summed E-state index contributed by atoms with van der Waals surface area (Å²) in [6.45, 7) is 1.84. The monoisotopic (exact) mass is 499 g/mol. The number of aromatic nitrogens is 1. The van der Waals surface area contributed by atoms with E-state index in [0.717, 1.165) is 5.56 Å². The Kier molecular flexibility index (Phi) is 7.57. The van der Waals surface area contributed by atoms with Gasteiger partial charge in [-0.1, -0.05) is 24.3 Å². The van der Waals surface area contributed by atoms with Crippen molar-refractivity contribution >= 4 is 15.9 Å². The number of nitrogens with one attached hydrogen (secondary N) is 2. The van der Waals surface area contributed by atoms with Crippen molar-refractivity contribution in [2.75, 3.05) is 0 Å². The summed E-state index contributed by atoms with van der Waals surface area (Å²) in [5.41, 5.74) is 1.47. The molecule has 1 aliphatic rings. The summed E-state index contributed by atoms with van der Waals surface area (Å²) in [4.78, 5) is 16.8. The minimum atomic E-state index is -3.80. The predicted molar refractivity (Wildman–Crippen MR) is 129 cm³/mol. The number of pyridine rings is 1. The molecule has 1 saturated carbocycles. The Labute approximate surface area is 203 Å². The quantitative estimate of drug-likeness (QED) is 0.492. The first-order valence-electron chi connectivity index (χ1n) is 11.5. The molecule has 2 aromatic carbocycles. The van der Waals surface area contributed by atoms with Crippen LogP contribution in [0, 0.1) is 17.6 Å². The fourth-order valence-corrected chi connectivity index (χ4v) is 5.54. The van der Waals surface area contributed by atoms with Gasteiger partial charge in [0.05, 0.1) is 11.7 Å². The van der Waals surface area contributed by atoms with Crippen molar-refractivity contribution in [1.82, 2.24) is 15.0 Å². The van der Waals surface area contributed by atoms with E-state index in [1.165, 1.54) is 36.5 Å². The molecule has 9 heteroatoms. The zero-order valence-corrected chi connectivity index (χ0v) is 20.1. The van der Waals surface area contributed by atoms with Crippen LogP contribution in [0.15, 0.2) is 71.8 Å². The fraction of sp³-hybridized carbons (Fsp3) is 0.308. The van der Waals surface area contributed by atoms with Gasteiger partial charge in [-0.2, -0.15) is 0 Å². The molecule has 4 rings (SSSR count). The minimum Gasteiger partial charge on any atom is -0.349 e. The number of rotatable bonds is 7. The van der Waals surface area contributed by atoms with Crippen LogP contribution in [0.1, 0.15) is 44.2 Å². The number of carbonyl (C=O) groups excluding carboxylic acids is 1. The first-order valence-corrected chi connectivity index (χ1v) is 13.0. The summed E-state index contributed by atoms with van der Waals surface area (Å²) in [6.07, 6.45) is 3.39. The number of amides is 1. The van der Waals surface area contributed by atoms with Crippen LogP contribution in [0.5, 0.6) is 0 Å². The lowest BCUT2D eigenvalue weighted by atomic mass is 9.85. The van der Waals surface area contributed by atoms with Gasteiger partial charge in [0.1, 0.15) is 16.5 Å². The molecule has 2 N–H and O–H groups in total. The van der Waals surface area contributed by atoms with Crippen LogP contribution < -0.4 is 10.0 Å². The molecule has 0 saturated heterocycles. The van der Waals surface area contributed by atoms with Crippen molar-refractivity contribution in [3.63, 3.8) is 0 Å². The van der Waals surface area contributed by atoms with Gasteiger partial charge in [0.2, 0.25) is 15.9 Å². The van der Waals surface area contributed by atoms with Gasteiger partial charge in [-0.15, -0.1) is 0 Å². The maximum atomic E-state index is 14.0. The molecule has 35 heavy (non-hydrogen) atoms. The van der Waals surface area contributed by atoms with E-state index in [0.29, 0.717) is 36.9 Å². The van der Waals surface area contributed by atoms with Gasteiger partial charge >= 0.3 is 0 Å². The van der Waals surface area contributed by atoms with Crippen molar-refractivity contribution in [2.45, 2.75) is 49.6 Å². The molecule has 3 aromatic rings. The van der Waals surface area contributed by atoms with E-state index in [1.54, 1.807) is 30.3 Å². The molecule has 0 spiro atoms. The Balaban J connectivity index is 1.31. The number of carbonyl (C=O) groups is 1. The summed E-state index contributed by atoms with van der Waals surface area (Å²) >= 11 is 0. The van der Waals surface area contributed by atoms with Crippen molar-refractivity contribution in [2.24, 2.45) is 5.92 Å². The first-order chi connectivity index (χ1) is 16.7. The van der Waals surface area contributed by atoms with Crippen LogP contribution in [0.25, 0.3) is 11.3 Å². The second-order valence-corrected chi connectivity index (χ2v) is 10.5. The average Bonchev–Trinajstić information content (AvgIpc) is 2.85. The second kappa shape index (κ2) is 10.6.